The van der Waals surface area contributed by atoms with E-state index in [-0.39, 0.29) is 12.4 Å². The molecule has 0 aliphatic carbocycles. The molecule has 0 aliphatic heterocycles. The van der Waals surface area contributed by atoms with Crippen molar-refractivity contribution < 1.29 is 17.6 Å². The molecule has 2 aromatic carbocycles. The molecule has 21 heavy (non-hydrogen) atoms. The van der Waals surface area contributed by atoms with Gasteiger partial charge in [0.1, 0.15) is 5.82 Å². The van der Waals surface area contributed by atoms with Crippen molar-refractivity contribution in [1.29, 1.82) is 0 Å². The van der Waals surface area contributed by atoms with Crippen molar-refractivity contribution in [3.63, 3.8) is 0 Å². The van der Waals surface area contributed by atoms with Crippen LogP contribution in [0.1, 0.15) is 11.1 Å². The molecule has 0 aromatic heterocycles. The van der Waals surface area contributed by atoms with E-state index in [2.05, 4.69) is 37.2 Å². The molecule has 2 rings (SSSR count). The number of nitrogens with one attached hydrogen (secondary N) is 1. The first kappa shape index (κ1) is 16.3. The van der Waals surface area contributed by atoms with Crippen LogP contribution in [0.2, 0.25) is 0 Å². The zero-order valence-corrected chi connectivity index (χ0v) is 13.6. The number of hydrogen-bond acceptors (Lipinski definition) is 1. The van der Waals surface area contributed by atoms with Crippen LogP contribution in [0.5, 0.6) is 0 Å². The predicted octanol–water partition coefficient (Wildman–Crippen LogP) is 5.98. The van der Waals surface area contributed by atoms with Gasteiger partial charge in [0.2, 0.25) is 0 Å². The summed E-state index contributed by atoms with van der Waals surface area (Å²) < 4.78 is 52.0. The molecule has 0 saturated heterocycles. The summed E-state index contributed by atoms with van der Waals surface area (Å²) >= 11 is 6.27. The Morgan fingerprint density at radius 1 is 1.00 bits per heavy atom. The molecule has 0 fully saturated rings. The van der Waals surface area contributed by atoms with E-state index in [4.69, 9.17) is 0 Å². The first-order valence-corrected chi connectivity index (χ1v) is 7.40. The fourth-order valence-corrected chi connectivity index (χ4v) is 2.70. The number of rotatable bonds is 3. The predicted molar refractivity (Wildman–Crippen MR) is 80.6 cm³/mol. The maximum absolute atomic E-state index is 13.0. The minimum atomic E-state index is -4.41. The number of hydrogen-bond donors (Lipinski definition) is 1. The second-order valence-electron chi connectivity index (χ2n) is 4.32. The number of anilines is 1. The molecular weight excluding hydrogens is 418 g/mol. The van der Waals surface area contributed by atoms with Crippen molar-refractivity contribution in [2.45, 2.75) is 12.7 Å². The monoisotopic (exact) mass is 425 g/mol. The van der Waals surface area contributed by atoms with Crippen LogP contribution >= 0.6 is 31.9 Å². The summed E-state index contributed by atoms with van der Waals surface area (Å²) in [6, 6.07) is 7.76. The molecule has 0 heterocycles. The zero-order valence-electron chi connectivity index (χ0n) is 10.4. The van der Waals surface area contributed by atoms with Crippen LogP contribution in [0.3, 0.4) is 0 Å². The Kier molecular flexibility index (Phi) is 4.93. The Labute approximate surface area is 135 Å². The quantitative estimate of drug-likeness (QED) is 0.595. The van der Waals surface area contributed by atoms with Crippen molar-refractivity contribution >= 4 is 37.5 Å². The van der Waals surface area contributed by atoms with Crippen LogP contribution in [0.15, 0.2) is 45.3 Å². The van der Waals surface area contributed by atoms with Crippen LogP contribution in [0.4, 0.5) is 23.2 Å². The number of halogens is 6. The lowest BCUT2D eigenvalue weighted by Crippen LogP contribution is -2.07. The van der Waals surface area contributed by atoms with Gasteiger partial charge < -0.3 is 5.32 Å². The molecule has 0 saturated carbocycles. The molecule has 0 spiro atoms. The average Bonchev–Trinajstić information content (AvgIpc) is 2.36. The molecule has 0 amide bonds. The lowest BCUT2D eigenvalue weighted by molar-refractivity contribution is -0.137. The lowest BCUT2D eigenvalue weighted by Gasteiger charge is -2.12. The summed E-state index contributed by atoms with van der Waals surface area (Å²) in [5, 5.41) is 2.89. The summed E-state index contributed by atoms with van der Waals surface area (Å²) in [7, 11) is 0. The molecule has 1 nitrogen and oxygen atoms in total. The zero-order chi connectivity index (χ0) is 15.6. The maximum atomic E-state index is 13.0. The molecule has 7 heteroatoms. The third kappa shape index (κ3) is 4.44. The van der Waals surface area contributed by atoms with Crippen LogP contribution in [-0.2, 0) is 12.7 Å². The SMILES string of the molecule is Fc1ccc(CNc2cc(Br)cc(C(F)(F)F)c2)c(Br)c1. The van der Waals surface area contributed by atoms with Gasteiger partial charge in [0, 0.05) is 21.2 Å². The van der Waals surface area contributed by atoms with Gasteiger partial charge in [0.25, 0.3) is 0 Å². The lowest BCUT2D eigenvalue weighted by atomic mass is 10.1. The Morgan fingerprint density at radius 2 is 1.71 bits per heavy atom. The Morgan fingerprint density at radius 3 is 2.33 bits per heavy atom. The summed E-state index contributed by atoms with van der Waals surface area (Å²) in [4.78, 5) is 0. The molecule has 0 atom stereocenters. The first-order valence-electron chi connectivity index (χ1n) is 5.81. The molecular formula is C14H9Br2F4N. The van der Waals surface area contributed by atoms with Crippen molar-refractivity contribution in [2.24, 2.45) is 0 Å². The molecule has 0 bridgehead atoms. The van der Waals surface area contributed by atoms with Crippen LogP contribution in [0.25, 0.3) is 0 Å². The van der Waals surface area contributed by atoms with Gasteiger partial charge in [-0.3, -0.25) is 0 Å². The smallest absolute Gasteiger partial charge is 0.381 e. The minimum absolute atomic E-state index is 0.272. The van der Waals surface area contributed by atoms with Gasteiger partial charge in [-0.15, -0.1) is 0 Å². The third-order valence-electron chi connectivity index (χ3n) is 2.72. The van der Waals surface area contributed by atoms with Crippen molar-refractivity contribution in [3.8, 4) is 0 Å². The molecule has 0 unspecified atom stereocenters. The van der Waals surface area contributed by atoms with Gasteiger partial charge in [-0.05, 0) is 35.9 Å². The van der Waals surface area contributed by atoms with Gasteiger partial charge in [-0.2, -0.15) is 13.2 Å². The van der Waals surface area contributed by atoms with Crippen molar-refractivity contribution in [3.05, 3.63) is 62.3 Å². The molecule has 112 valence electrons. The van der Waals surface area contributed by atoms with Crippen LogP contribution in [0, 0.1) is 5.82 Å². The largest absolute Gasteiger partial charge is 0.416 e. The van der Waals surface area contributed by atoms with E-state index in [1.54, 1.807) is 12.1 Å². The van der Waals surface area contributed by atoms with Crippen LogP contribution in [-0.4, -0.2) is 0 Å². The van der Waals surface area contributed by atoms with E-state index in [0.717, 1.165) is 17.7 Å². The van der Waals surface area contributed by atoms with E-state index in [0.29, 0.717) is 14.6 Å². The highest BCUT2D eigenvalue weighted by Crippen LogP contribution is 2.33. The van der Waals surface area contributed by atoms with E-state index < -0.39 is 11.7 Å². The van der Waals surface area contributed by atoms with Gasteiger partial charge in [-0.1, -0.05) is 37.9 Å². The molecule has 1 N–H and O–H groups in total. The summed E-state index contributed by atoms with van der Waals surface area (Å²) in [6.07, 6.45) is -4.41. The van der Waals surface area contributed by atoms with Crippen molar-refractivity contribution in [2.75, 3.05) is 5.32 Å². The Bertz CT molecular complexity index is 656. The highest BCUT2D eigenvalue weighted by Gasteiger charge is 2.31. The van der Waals surface area contributed by atoms with Crippen LogP contribution < -0.4 is 5.32 Å². The minimum Gasteiger partial charge on any atom is -0.381 e. The second kappa shape index (κ2) is 6.36. The maximum Gasteiger partial charge on any atom is 0.416 e. The number of alkyl halides is 3. The molecule has 0 aliphatic rings. The van der Waals surface area contributed by atoms with E-state index >= 15 is 0 Å². The van der Waals surface area contributed by atoms with Gasteiger partial charge in [0.15, 0.2) is 0 Å². The number of benzene rings is 2. The first-order chi connectivity index (χ1) is 9.75. The normalized spacial score (nSPS) is 11.5. The molecule has 2 aromatic rings. The average molecular weight is 427 g/mol. The fraction of sp³-hybridized carbons (Fsp3) is 0.143. The van der Waals surface area contributed by atoms with E-state index in [9.17, 15) is 17.6 Å². The Balaban J connectivity index is 2.18. The Hall–Kier alpha value is -1.08. The summed E-state index contributed by atoms with van der Waals surface area (Å²) in [5.41, 5.74) is 0.329. The van der Waals surface area contributed by atoms with Gasteiger partial charge in [-0.25, -0.2) is 4.39 Å². The summed E-state index contributed by atoms with van der Waals surface area (Å²) in [6.45, 7) is 0.272. The molecule has 0 radical (unpaired) electrons. The highest BCUT2D eigenvalue weighted by atomic mass is 79.9. The topological polar surface area (TPSA) is 12.0 Å². The van der Waals surface area contributed by atoms with E-state index in [1.165, 1.54) is 12.1 Å². The van der Waals surface area contributed by atoms with E-state index in [1.807, 2.05) is 0 Å². The van der Waals surface area contributed by atoms with Gasteiger partial charge >= 0.3 is 6.18 Å². The van der Waals surface area contributed by atoms with Crippen molar-refractivity contribution in [1.82, 2.24) is 0 Å². The highest BCUT2D eigenvalue weighted by molar-refractivity contribution is 9.10. The van der Waals surface area contributed by atoms with Gasteiger partial charge in [0.05, 0.1) is 5.56 Å². The third-order valence-corrected chi connectivity index (χ3v) is 3.92. The summed E-state index contributed by atoms with van der Waals surface area (Å²) in [5.74, 6) is -0.382. The second-order valence-corrected chi connectivity index (χ2v) is 6.09. The standard InChI is InChI=1S/C14H9Br2F4N/c15-10-3-9(14(18,19)20)4-12(5-10)21-7-8-1-2-11(17)6-13(8)16/h1-6,21H,7H2. The fourth-order valence-electron chi connectivity index (χ4n) is 1.72.